The molecule has 0 bridgehead atoms. The average molecular weight is 471 g/mol. The molecular formula is C19H17F6O5S-. The van der Waals surface area contributed by atoms with Crippen LogP contribution in [0.25, 0.3) is 0 Å². The van der Waals surface area contributed by atoms with Crippen LogP contribution in [0.15, 0.2) is 53.4 Å². The van der Waals surface area contributed by atoms with Gasteiger partial charge in [0, 0.05) is 0 Å². The maximum absolute atomic E-state index is 14.0. The molecule has 0 N–H and O–H groups in total. The van der Waals surface area contributed by atoms with Crippen LogP contribution in [0, 0.1) is 0 Å². The van der Waals surface area contributed by atoms with Gasteiger partial charge in [0.2, 0.25) is 0 Å². The molecule has 0 amide bonds. The topological polar surface area (TPSA) is 75.7 Å². The van der Waals surface area contributed by atoms with Gasteiger partial charge >= 0.3 is 18.1 Å². The normalized spacial score (nSPS) is 14.2. The number of benzene rings is 2. The molecule has 0 aliphatic heterocycles. The van der Waals surface area contributed by atoms with Gasteiger partial charge in [-0.2, -0.15) is 26.3 Å². The van der Waals surface area contributed by atoms with E-state index in [2.05, 4.69) is 9.47 Å². The molecule has 0 radical (unpaired) electrons. The van der Waals surface area contributed by atoms with Crippen molar-refractivity contribution < 1.29 is 48.8 Å². The van der Waals surface area contributed by atoms with Crippen LogP contribution in [0.2, 0.25) is 0 Å². The van der Waals surface area contributed by atoms with Crippen LogP contribution >= 0.6 is 0 Å². The quantitative estimate of drug-likeness (QED) is 0.363. The molecule has 0 saturated heterocycles. The highest BCUT2D eigenvalue weighted by Crippen LogP contribution is 2.47. The van der Waals surface area contributed by atoms with Gasteiger partial charge in [-0.05, 0) is 54.3 Å². The monoisotopic (exact) mass is 471 g/mol. The largest absolute Gasteiger partial charge is 0.744 e. The fourth-order valence-corrected chi connectivity index (χ4v) is 2.84. The van der Waals surface area contributed by atoms with Crippen LogP contribution < -0.4 is 9.47 Å². The van der Waals surface area contributed by atoms with Crippen molar-refractivity contribution in [2.24, 2.45) is 0 Å². The van der Waals surface area contributed by atoms with Crippen LogP contribution in [0.5, 0.6) is 11.5 Å². The van der Waals surface area contributed by atoms with E-state index >= 15 is 0 Å². The highest BCUT2D eigenvalue weighted by molar-refractivity contribution is 7.85. The van der Waals surface area contributed by atoms with E-state index in [1.807, 2.05) is 13.8 Å². The van der Waals surface area contributed by atoms with Crippen LogP contribution in [0.4, 0.5) is 26.3 Å². The van der Waals surface area contributed by atoms with Gasteiger partial charge in [-0.25, -0.2) is 8.42 Å². The summed E-state index contributed by atoms with van der Waals surface area (Å²) in [5.74, 6) is -7.92. The molecule has 2 aromatic carbocycles. The molecule has 0 aliphatic rings. The summed E-state index contributed by atoms with van der Waals surface area (Å²) in [6, 6.07) is 6.48. The van der Waals surface area contributed by atoms with Gasteiger partial charge < -0.3 is 14.0 Å². The summed E-state index contributed by atoms with van der Waals surface area (Å²) in [5.41, 5.74) is 0.710. The van der Waals surface area contributed by atoms with Crippen molar-refractivity contribution in [1.82, 2.24) is 0 Å². The molecule has 2 rings (SSSR count). The Balaban J connectivity index is 2.21. The maximum atomic E-state index is 14.0. The Labute approximate surface area is 174 Å². The smallest absolute Gasteiger partial charge is 0.475 e. The molecule has 172 valence electrons. The van der Waals surface area contributed by atoms with E-state index in [0.717, 1.165) is 18.6 Å². The number of hydrogen-bond donors (Lipinski definition) is 0. The number of alkyl halides is 6. The predicted molar refractivity (Wildman–Crippen MR) is 95.7 cm³/mol. The summed E-state index contributed by atoms with van der Waals surface area (Å²) in [5, 5.41) is 0. The molecule has 1 unspecified atom stereocenters. The molecule has 12 heteroatoms. The van der Waals surface area contributed by atoms with Crippen LogP contribution in [-0.4, -0.2) is 31.1 Å². The molecule has 31 heavy (non-hydrogen) atoms. The minimum atomic E-state index is -6.13. The van der Waals surface area contributed by atoms with Gasteiger partial charge in [0.15, 0.2) is 0 Å². The molecule has 0 saturated carbocycles. The lowest BCUT2D eigenvalue weighted by atomic mass is 9.99. The molecule has 2 aromatic rings. The lowest BCUT2D eigenvalue weighted by Gasteiger charge is -2.31. The fraction of sp³-hybridized carbons (Fsp3) is 0.368. The Morgan fingerprint density at radius 1 is 0.839 bits per heavy atom. The summed E-state index contributed by atoms with van der Waals surface area (Å²) in [6.45, 7) is 3.72. The zero-order chi connectivity index (χ0) is 23.7. The lowest BCUT2D eigenvalue weighted by Crippen LogP contribution is -2.59. The number of hydrogen-bond acceptors (Lipinski definition) is 5. The summed E-state index contributed by atoms with van der Waals surface area (Å²) in [4.78, 5) is -0.857. The zero-order valence-electron chi connectivity index (χ0n) is 16.1. The summed E-state index contributed by atoms with van der Waals surface area (Å²) in [7, 11) is -4.94. The van der Waals surface area contributed by atoms with E-state index in [9.17, 15) is 39.3 Å². The standard InChI is InChI=1S/C19H18F6O5S/c1-3-12(2)13-4-6-14(7-5-13)29-18(22,23)17(20,21)19(24,25)30-15-8-10-16(11-9-15)31(26,27)28/h4-12H,3H2,1-2H3,(H,26,27,28)/p-1. The molecule has 1 atom stereocenters. The van der Waals surface area contributed by atoms with E-state index in [1.54, 1.807) is 0 Å². The summed E-state index contributed by atoms with van der Waals surface area (Å²) < 4.78 is 124. The number of halogens is 6. The number of ether oxygens (including phenoxy) is 2. The first-order valence-corrected chi connectivity index (χ1v) is 10.2. The Morgan fingerprint density at radius 2 is 1.23 bits per heavy atom. The van der Waals surface area contributed by atoms with Gasteiger partial charge in [0.05, 0.1) is 4.90 Å². The van der Waals surface area contributed by atoms with E-state index in [-0.39, 0.29) is 5.92 Å². The predicted octanol–water partition coefficient (Wildman–Crippen LogP) is 5.38. The van der Waals surface area contributed by atoms with Crippen LogP contribution in [-0.2, 0) is 10.1 Å². The number of rotatable bonds is 9. The van der Waals surface area contributed by atoms with Crippen molar-refractivity contribution in [2.75, 3.05) is 0 Å². The van der Waals surface area contributed by atoms with Gasteiger partial charge in [-0.3, -0.25) is 0 Å². The maximum Gasteiger partial charge on any atom is 0.475 e. The highest BCUT2D eigenvalue weighted by Gasteiger charge is 2.77. The summed E-state index contributed by atoms with van der Waals surface area (Å²) >= 11 is 0. The van der Waals surface area contributed by atoms with E-state index in [1.165, 1.54) is 12.1 Å². The minimum Gasteiger partial charge on any atom is -0.744 e. The Kier molecular flexibility index (Phi) is 6.86. The second-order valence-electron chi connectivity index (χ2n) is 6.62. The first-order chi connectivity index (χ1) is 14.1. The van der Waals surface area contributed by atoms with Gasteiger partial charge in [-0.15, -0.1) is 0 Å². The molecule has 0 heterocycles. The van der Waals surface area contributed by atoms with Gasteiger partial charge in [0.1, 0.15) is 21.6 Å². The highest BCUT2D eigenvalue weighted by atomic mass is 32.2. The minimum absolute atomic E-state index is 0.0525. The van der Waals surface area contributed by atoms with E-state index in [0.29, 0.717) is 29.8 Å². The van der Waals surface area contributed by atoms with Crippen molar-refractivity contribution in [2.45, 2.75) is 49.2 Å². The molecule has 0 aliphatic carbocycles. The Morgan fingerprint density at radius 3 is 1.58 bits per heavy atom. The Hall–Kier alpha value is -2.47. The third kappa shape index (κ3) is 5.42. The van der Waals surface area contributed by atoms with Crippen molar-refractivity contribution in [3.63, 3.8) is 0 Å². The molecule has 5 nitrogen and oxygen atoms in total. The molecule has 0 fully saturated rings. The van der Waals surface area contributed by atoms with Crippen LogP contribution in [0.3, 0.4) is 0 Å². The van der Waals surface area contributed by atoms with Crippen molar-refractivity contribution >= 4 is 10.1 Å². The van der Waals surface area contributed by atoms with Gasteiger partial charge in [0.25, 0.3) is 0 Å². The molecule has 0 spiro atoms. The van der Waals surface area contributed by atoms with Gasteiger partial charge in [-0.1, -0.05) is 26.0 Å². The first kappa shape index (κ1) is 24.8. The zero-order valence-corrected chi connectivity index (χ0v) is 16.9. The average Bonchev–Trinajstić information content (AvgIpc) is 2.66. The Bertz CT molecular complexity index is 991. The fourth-order valence-electron chi connectivity index (χ4n) is 2.37. The second-order valence-corrected chi connectivity index (χ2v) is 8.00. The SMILES string of the molecule is CCC(C)c1ccc(OC(F)(F)C(F)(F)C(F)(F)Oc2ccc(S(=O)(=O)[O-])cc2)cc1. The molecule has 0 aromatic heterocycles. The van der Waals surface area contributed by atoms with Crippen molar-refractivity contribution in [3.05, 3.63) is 54.1 Å². The lowest BCUT2D eigenvalue weighted by molar-refractivity contribution is -0.415. The third-order valence-electron chi connectivity index (χ3n) is 4.40. The van der Waals surface area contributed by atoms with E-state index in [4.69, 9.17) is 0 Å². The van der Waals surface area contributed by atoms with Crippen molar-refractivity contribution in [1.29, 1.82) is 0 Å². The summed E-state index contributed by atoms with van der Waals surface area (Å²) in [6.07, 6.45) is -10.7. The van der Waals surface area contributed by atoms with Crippen molar-refractivity contribution in [3.8, 4) is 11.5 Å². The van der Waals surface area contributed by atoms with Crippen LogP contribution in [0.1, 0.15) is 31.7 Å². The first-order valence-electron chi connectivity index (χ1n) is 8.78. The van der Waals surface area contributed by atoms with E-state index < -0.39 is 44.7 Å². The third-order valence-corrected chi connectivity index (χ3v) is 5.25. The molecular weight excluding hydrogens is 454 g/mol. The second kappa shape index (κ2) is 8.58.